The number of nitrogens with zero attached hydrogens (tertiary/aromatic N) is 1. The standard InChI is InChI=1S/C16H24N2/c1-2-8-16(14-7-5-9-17-12-14)15(6-1)13-18-10-3-4-11-18/h1-2,6,8,14,17H,3-5,7,9-13H2. The Labute approximate surface area is 110 Å². The van der Waals surface area contributed by atoms with Crippen molar-refractivity contribution in [3.05, 3.63) is 35.4 Å². The number of nitrogens with one attached hydrogen (secondary N) is 1. The summed E-state index contributed by atoms with van der Waals surface area (Å²) in [6.45, 7) is 6.10. The first-order valence-electron chi connectivity index (χ1n) is 7.44. The van der Waals surface area contributed by atoms with Gasteiger partial charge in [0, 0.05) is 13.1 Å². The lowest BCUT2D eigenvalue weighted by Crippen LogP contribution is -2.29. The summed E-state index contributed by atoms with van der Waals surface area (Å²) in [5.41, 5.74) is 3.16. The number of rotatable bonds is 3. The fourth-order valence-corrected chi connectivity index (χ4v) is 3.38. The van der Waals surface area contributed by atoms with Crippen molar-refractivity contribution in [1.82, 2.24) is 10.2 Å². The van der Waals surface area contributed by atoms with Crippen molar-refractivity contribution in [1.29, 1.82) is 0 Å². The van der Waals surface area contributed by atoms with Crippen LogP contribution in [-0.2, 0) is 6.54 Å². The van der Waals surface area contributed by atoms with Gasteiger partial charge in [-0.2, -0.15) is 0 Å². The molecular formula is C16H24N2. The van der Waals surface area contributed by atoms with Crippen molar-refractivity contribution in [2.24, 2.45) is 0 Å². The van der Waals surface area contributed by atoms with Crippen molar-refractivity contribution in [3.8, 4) is 0 Å². The lowest BCUT2D eigenvalue weighted by Gasteiger charge is -2.26. The Balaban J connectivity index is 1.75. The van der Waals surface area contributed by atoms with Crippen LogP contribution in [-0.4, -0.2) is 31.1 Å². The lowest BCUT2D eigenvalue weighted by atomic mass is 9.88. The minimum Gasteiger partial charge on any atom is -0.316 e. The molecule has 0 spiro atoms. The Kier molecular flexibility index (Phi) is 3.96. The van der Waals surface area contributed by atoms with Crippen molar-refractivity contribution in [2.75, 3.05) is 26.2 Å². The van der Waals surface area contributed by atoms with Crippen LogP contribution in [0, 0.1) is 0 Å². The molecule has 2 saturated heterocycles. The lowest BCUT2D eigenvalue weighted by molar-refractivity contribution is 0.328. The minimum absolute atomic E-state index is 0.734. The SMILES string of the molecule is c1ccc(C2CCCNC2)c(CN2CCCC2)c1. The van der Waals surface area contributed by atoms with Gasteiger partial charge in [-0.05, 0) is 62.4 Å². The number of benzene rings is 1. The summed E-state index contributed by atoms with van der Waals surface area (Å²) >= 11 is 0. The Morgan fingerprint density at radius 1 is 1.11 bits per heavy atom. The second kappa shape index (κ2) is 5.85. The maximum atomic E-state index is 3.54. The van der Waals surface area contributed by atoms with E-state index in [2.05, 4.69) is 34.5 Å². The number of hydrogen-bond acceptors (Lipinski definition) is 2. The van der Waals surface area contributed by atoms with Crippen molar-refractivity contribution in [2.45, 2.75) is 38.1 Å². The zero-order chi connectivity index (χ0) is 12.2. The Bertz CT molecular complexity index is 376. The highest BCUT2D eigenvalue weighted by molar-refractivity contribution is 5.31. The van der Waals surface area contributed by atoms with E-state index < -0.39 is 0 Å². The molecule has 2 fully saturated rings. The second-order valence-corrected chi connectivity index (χ2v) is 5.73. The molecule has 0 aliphatic carbocycles. The molecule has 1 unspecified atom stereocenters. The first-order chi connectivity index (χ1) is 8.93. The molecular weight excluding hydrogens is 220 g/mol. The van der Waals surface area contributed by atoms with Crippen LogP contribution in [0.3, 0.4) is 0 Å². The van der Waals surface area contributed by atoms with E-state index in [1.54, 1.807) is 11.1 Å². The third kappa shape index (κ3) is 2.76. The average Bonchev–Trinajstić information content (AvgIpc) is 2.93. The van der Waals surface area contributed by atoms with Crippen LogP contribution >= 0.6 is 0 Å². The average molecular weight is 244 g/mol. The third-order valence-electron chi connectivity index (χ3n) is 4.38. The Morgan fingerprint density at radius 2 is 1.94 bits per heavy atom. The van der Waals surface area contributed by atoms with Gasteiger partial charge in [-0.1, -0.05) is 24.3 Å². The van der Waals surface area contributed by atoms with E-state index in [1.165, 1.54) is 45.3 Å². The van der Waals surface area contributed by atoms with Gasteiger partial charge in [-0.25, -0.2) is 0 Å². The first kappa shape index (κ1) is 12.2. The number of piperidine rings is 1. The second-order valence-electron chi connectivity index (χ2n) is 5.73. The van der Waals surface area contributed by atoms with Gasteiger partial charge < -0.3 is 5.32 Å². The topological polar surface area (TPSA) is 15.3 Å². The summed E-state index contributed by atoms with van der Waals surface area (Å²) in [5, 5.41) is 3.54. The van der Waals surface area contributed by atoms with Crippen LogP contribution in [0.5, 0.6) is 0 Å². The van der Waals surface area contributed by atoms with Gasteiger partial charge in [0.05, 0.1) is 0 Å². The largest absolute Gasteiger partial charge is 0.316 e. The highest BCUT2D eigenvalue weighted by Crippen LogP contribution is 2.27. The molecule has 2 aliphatic heterocycles. The van der Waals surface area contributed by atoms with Crippen LogP contribution < -0.4 is 5.32 Å². The van der Waals surface area contributed by atoms with Gasteiger partial charge in [-0.3, -0.25) is 4.90 Å². The highest BCUT2D eigenvalue weighted by Gasteiger charge is 2.19. The van der Waals surface area contributed by atoms with Gasteiger partial charge in [0.1, 0.15) is 0 Å². The van der Waals surface area contributed by atoms with Gasteiger partial charge >= 0.3 is 0 Å². The van der Waals surface area contributed by atoms with Crippen LogP contribution in [0.1, 0.15) is 42.7 Å². The highest BCUT2D eigenvalue weighted by atomic mass is 15.1. The maximum Gasteiger partial charge on any atom is 0.0236 e. The molecule has 0 aromatic heterocycles. The van der Waals surface area contributed by atoms with Gasteiger partial charge in [0.15, 0.2) is 0 Å². The predicted molar refractivity (Wildman–Crippen MR) is 75.8 cm³/mol. The Hall–Kier alpha value is -0.860. The molecule has 0 bridgehead atoms. The third-order valence-corrected chi connectivity index (χ3v) is 4.38. The molecule has 1 N–H and O–H groups in total. The van der Waals surface area contributed by atoms with Crippen LogP contribution in [0.25, 0.3) is 0 Å². The van der Waals surface area contributed by atoms with Crippen molar-refractivity contribution in [3.63, 3.8) is 0 Å². The molecule has 0 saturated carbocycles. The maximum absolute atomic E-state index is 3.54. The summed E-state index contributed by atoms with van der Waals surface area (Å²) in [6.07, 6.45) is 5.44. The summed E-state index contributed by atoms with van der Waals surface area (Å²) in [4.78, 5) is 2.61. The molecule has 18 heavy (non-hydrogen) atoms. The number of hydrogen-bond donors (Lipinski definition) is 1. The summed E-state index contributed by atoms with van der Waals surface area (Å²) in [5.74, 6) is 0.734. The Morgan fingerprint density at radius 3 is 2.72 bits per heavy atom. The van der Waals surface area contributed by atoms with E-state index in [4.69, 9.17) is 0 Å². The first-order valence-corrected chi connectivity index (χ1v) is 7.44. The van der Waals surface area contributed by atoms with Gasteiger partial charge in [0.2, 0.25) is 0 Å². The summed E-state index contributed by atoms with van der Waals surface area (Å²) < 4.78 is 0. The number of likely N-dealkylation sites (tertiary alicyclic amines) is 1. The zero-order valence-electron chi connectivity index (χ0n) is 11.2. The molecule has 2 nitrogen and oxygen atoms in total. The van der Waals surface area contributed by atoms with Crippen molar-refractivity contribution < 1.29 is 0 Å². The molecule has 0 radical (unpaired) electrons. The van der Waals surface area contributed by atoms with Gasteiger partial charge in [-0.15, -0.1) is 0 Å². The molecule has 2 heterocycles. The predicted octanol–water partition coefficient (Wildman–Crippen LogP) is 2.75. The monoisotopic (exact) mass is 244 g/mol. The fourth-order valence-electron chi connectivity index (χ4n) is 3.38. The molecule has 2 heteroatoms. The molecule has 1 aromatic rings. The quantitative estimate of drug-likeness (QED) is 0.879. The van der Waals surface area contributed by atoms with E-state index in [9.17, 15) is 0 Å². The molecule has 1 atom stereocenters. The molecule has 1 aromatic carbocycles. The summed E-state index contributed by atoms with van der Waals surface area (Å²) in [6, 6.07) is 9.09. The zero-order valence-corrected chi connectivity index (χ0v) is 11.2. The van der Waals surface area contributed by atoms with Gasteiger partial charge in [0.25, 0.3) is 0 Å². The van der Waals surface area contributed by atoms with E-state index in [0.717, 1.165) is 19.0 Å². The van der Waals surface area contributed by atoms with Crippen LogP contribution in [0.2, 0.25) is 0 Å². The summed E-state index contributed by atoms with van der Waals surface area (Å²) in [7, 11) is 0. The van der Waals surface area contributed by atoms with Crippen molar-refractivity contribution >= 4 is 0 Å². The molecule has 3 rings (SSSR count). The van der Waals surface area contributed by atoms with E-state index in [1.807, 2.05) is 0 Å². The van der Waals surface area contributed by atoms with Crippen LogP contribution in [0.15, 0.2) is 24.3 Å². The molecule has 0 amide bonds. The van der Waals surface area contributed by atoms with Crippen LogP contribution in [0.4, 0.5) is 0 Å². The fraction of sp³-hybridized carbons (Fsp3) is 0.625. The van der Waals surface area contributed by atoms with E-state index in [-0.39, 0.29) is 0 Å². The van der Waals surface area contributed by atoms with E-state index >= 15 is 0 Å². The van der Waals surface area contributed by atoms with E-state index in [0.29, 0.717) is 0 Å². The smallest absolute Gasteiger partial charge is 0.0236 e. The molecule has 98 valence electrons. The minimum atomic E-state index is 0.734. The normalized spacial score (nSPS) is 25.4. The molecule has 2 aliphatic rings.